The fourth-order valence-electron chi connectivity index (χ4n) is 1.49. The van der Waals surface area contributed by atoms with E-state index in [2.05, 4.69) is 10.2 Å². The molecule has 1 rings (SSSR count). The highest BCUT2D eigenvalue weighted by Gasteiger charge is 2.44. The molecule has 0 aromatic heterocycles. The number of aliphatic hydroxyl groups excluding tert-OH is 1. The summed E-state index contributed by atoms with van der Waals surface area (Å²) >= 11 is 0. The van der Waals surface area contributed by atoms with Crippen molar-refractivity contribution in [2.75, 3.05) is 46.5 Å². The normalized spacial score (nSPS) is 17.2. The maximum absolute atomic E-state index is 11.6. The summed E-state index contributed by atoms with van der Waals surface area (Å²) in [5.41, 5.74) is -0.0805. The number of likely N-dealkylation sites (N-methyl/N-ethyl adjacent to an activating group) is 1. The van der Waals surface area contributed by atoms with Gasteiger partial charge in [-0.2, -0.15) is 0 Å². The summed E-state index contributed by atoms with van der Waals surface area (Å²) < 4.78 is 5.17. The Hall–Kier alpha value is -0.650. The SMILES string of the molecule is CN(CCNC(=O)C1(C)CC1)CCOCCO. The van der Waals surface area contributed by atoms with Crippen molar-refractivity contribution in [2.45, 2.75) is 19.8 Å². The molecule has 0 bridgehead atoms. The number of hydrogen-bond acceptors (Lipinski definition) is 4. The maximum atomic E-state index is 11.6. The predicted octanol–water partition coefficient (Wildman–Crippen LogP) is -0.157. The number of ether oxygens (including phenoxy) is 1. The highest BCUT2D eigenvalue weighted by molar-refractivity contribution is 5.84. The molecule has 17 heavy (non-hydrogen) atoms. The zero-order valence-corrected chi connectivity index (χ0v) is 10.9. The second-order valence-electron chi connectivity index (χ2n) is 4.96. The summed E-state index contributed by atoms with van der Waals surface area (Å²) in [7, 11) is 1.99. The molecule has 0 aromatic rings. The lowest BCUT2D eigenvalue weighted by atomic mass is 10.1. The van der Waals surface area contributed by atoms with Gasteiger partial charge in [0.1, 0.15) is 0 Å². The van der Waals surface area contributed by atoms with Crippen LogP contribution in [0.2, 0.25) is 0 Å². The van der Waals surface area contributed by atoms with Gasteiger partial charge in [0.2, 0.25) is 5.91 Å². The van der Waals surface area contributed by atoms with Crippen molar-refractivity contribution < 1.29 is 14.6 Å². The molecule has 0 spiro atoms. The molecule has 2 N–H and O–H groups in total. The van der Waals surface area contributed by atoms with E-state index in [1.54, 1.807) is 0 Å². The molecule has 1 aliphatic carbocycles. The summed E-state index contributed by atoms with van der Waals surface area (Å²) in [6.45, 7) is 5.40. The third-order valence-electron chi connectivity index (χ3n) is 3.18. The Labute approximate surface area is 103 Å². The largest absolute Gasteiger partial charge is 0.394 e. The van der Waals surface area contributed by atoms with E-state index in [0.717, 1.165) is 25.9 Å². The van der Waals surface area contributed by atoms with Crippen molar-refractivity contribution in [3.63, 3.8) is 0 Å². The van der Waals surface area contributed by atoms with E-state index in [1.165, 1.54) is 0 Å². The number of hydrogen-bond donors (Lipinski definition) is 2. The summed E-state index contributed by atoms with van der Waals surface area (Å²) in [6.07, 6.45) is 2.04. The van der Waals surface area contributed by atoms with E-state index in [-0.39, 0.29) is 17.9 Å². The molecular formula is C12H24N2O3. The molecule has 0 aromatic carbocycles. The van der Waals surface area contributed by atoms with E-state index in [9.17, 15) is 4.79 Å². The average molecular weight is 244 g/mol. The van der Waals surface area contributed by atoms with Crippen LogP contribution >= 0.6 is 0 Å². The molecule has 1 saturated carbocycles. The first-order valence-electron chi connectivity index (χ1n) is 6.24. The van der Waals surface area contributed by atoms with Gasteiger partial charge in [0.25, 0.3) is 0 Å². The maximum Gasteiger partial charge on any atom is 0.225 e. The Kier molecular flexibility index (Phi) is 5.88. The quantitative estimate of drug-likeness (QED) is 0.553. The van der Waals surface area contributed by atoms with Crippen LogP contribution in [0.4, 0.5) is 0 Å². The zero-order chi connectivity index (χ0) is 12.7. The van der Waals surface area contributed by atoms with Gasteiger partial charge < -0.3 is 20.1 Å². The third-order valence-corrected chi connectivity index (χ3v) is 3.18. The van der Waals surface area contributed by atoms with Gasteiger partial charge in [-0.15, -0.1) is 0 Å². The van der Waals surface area contributed by atoms with Crippen LogP contribution in [0.1, 0.15) is 19.8 Å². The Morgan fingerprint density at radius 3 is 2.71 bits per heavy atom. The lowest BCUT2D eigenvalue weighted by Gasteiger charge is -2.17. The predicted molar refractivity (Wildman–Crippen MR) is 65.8 cm³/mol. The first kappa shape index (κ1) is 14.4. The van der Waals surface area contributed by atoms with Gasteiger partial charge in [0.05, 0.1) is 19.8 Å². The highest BCUT2D eigenvalue weighted by Crippen LogP contribution is 2.44. The fraction of sp³-hybridized carbons (Fsp3) is 0.917. The molecule has 1 fully saturated rings. The molecule has 0 saturated heterocycles. The molecule has 0 radical (unpaired) electrons. The van der Waals surface area contributed by atoms with Crippen LogP contribution in [0, 0.1) is 5.41 Å². The van der Waals surface area contributed by atoms with Gasteiger partial charge in [0, 0.05) is 25.0 Å². The van der Waals surface area contributed by atoms with Gasteiger partial charge in [-0.25, -0.2) is 0 Å². The van der Waals surface area contributed by atoms with E-state index in [1.807, 2.05) is 14.0 Å². The van der Waals surface area contributed by atoms with Crippen LogP contribution in [0.15, 0.2) is 0 Å². The van der Waals surface area contributed by atoms with Gasteiger partial charge >= 0.3 is 0 Å². The number of nitrogens with one attached hydrogen (secondary N) is 1. The van der Waals surface area contributed by atoms with Gasteiger partial charge in [-0.1, -0.05) is 6.92 Å². The number of nitrogens with zero attached hydrogens (tertiary/aromatic N) is 1. The zero-order valence-electron chi connectivity index (χ0n) is 10.9. The fourth-order valence-corrected chi connectivity index (χ4v) is 1.49. The van der Waals surface area contributed by atoms with Crippen LogP contribution in [0.5, 0.6) is 0 Å². The number of carbonyl (C=O) groups excluding carboxylic acids is 1. The topological polar surface area (TPSA) is 61.8 Å². The number of aliphatic hydroxyl groups is 1. The van der Waals surface area contributed by atoms with Gasteiger partial charge in [-0.05, 0) is 19.9 Å². The van der Waals surface area contributed by atoms with E-state index < -0.39 is 0 Å². The van der Waals surface area contributed by atoms with E-state index in [4.69, 9.17) is 9.84 Å². The molecule has 5 heteroatoms. The lowest BCUT2D eigenvalue weighted by molar-refractivity contribution is -0.125. The molecular weight excluding hydrogens is 220 g/mol. The highest BCUT2D eigenvalue weighted by atomic mass is 16.5. The average Bonchev–Trinajstić information content (AvgIpc) is 3.04. The van der Waals surface area contributed by atoms with Crippen molar-refractivity contribution in [1.29, 1.82) is 0 Å². The standard InChI is InChI=1S/C12H24N2O3/c1-12(3-4-12)11(16)13-5-6-14(2)7-9-17-10-8-15/h15H,3-10H2,1-2H3,(H,13,16). The first-order valence-corrected chi connectivity index (χ1v) is 6.24. The van der Waals surface area contributed by atoms with Gasteiger partial charge in [0.15, 0.2) is 0 Å². The van der Waals surface area contributed by atoms with E-state index in [0.29, 0.717) is 19.8 Å². The molecule has 0 atom stereocenters. The molecule has 1 aliphatic rings. The number of rotatable bonds is 9. The smallest absolute Gasteiger partial charge is 0.225 e. The summed E-state index contributed by atoms with van der Waals surface area (Å²) in [5, 5.41) is 11.5. The van der Waals surface area contributed by atoms with Crippen LogP contribution in [-0.2, 0) is 9.53 Å². The Morgan fingerprint density at radius 2 is 2.12 bits per heavy atom. The molecule has 100 valence electrons. The van der Waals surface area contributed by atoms with Crippen LogP contribution in [-0.4, -0.2) is 62.4 Å². The number of amides is 1. The Morgan fingerprint density at radius 1 is 1.41 bits per heavy atom. The van der Waals surface area contributed by atoms with Crippen LogP contribution < -0.4 is 5.32 Å². The Bertz CT molecular complexity index is 242. The second-order valence-corrected chi connectivity index (χ2v) is 4.96. The molecule has 0 aliphatic heterocycles. The number of carbonyl (C=O) groups is 1. The Balaban J connectivity index is 1.96. The summed E-state index contributed by atoms with van der Waals surface area (Å²) in [5.74, 6) is 0.183. The third kappa shape index (κ3) is 5.48. The van der Waals surface area contributed by atoms with Crippen LogP contribution in [0.25, 0.3) is 0 Å². The van der Waals surface area contributed by atoms with Gasteiger partial charge in [-0.3, -0.25) is 4.79 Å². The van der Waals surface area contributed by atoms with Crippen molar-refractivity contribution in [3.8, 4) is 0 Å². The molecule has 0 heterocycles. The summed E-state index contributed by atoms with van der Waals surface area (Å²) in [6, 6.07) is 0. The summed E-state index contributed by atoms with van der Waals surface area (Å²) in [4.78, 5) is 13.7. The molecule has 1 amide bonds. The molecule has 0 unspecified atom stereocenters. The lowest BCUT2D eigenvalue weighted by Crippen LogP contribution is -2.37. The first-order chi connectivity index (χ1) is 8.08. The van der Waals surface area contributed by atoms with Crippen molar-refractivity contribution in [3.05, 3.63) is 0 Å². The minimum Gasteiger partial charge on any atom is -0.394 e. The van der Waals surface area contributed by atoms with E-state index >= 15 is 0 Å². The second kappa shape index (κ2) is 6.93. The van der Waals surface area contributed by atoms with Crippen LogP contribution in [0.3, 0.4) is 0 Å². The van der Waals surface area contributed by atoms with Crippen molar-refractivity contribution >= 4 is 5.91 Å². The minimum absolute atomic E-state index is 0.0678. The van der Waals surface area contributed by atoms with Crippen molar-refractivity contribution in [2.24, 2.45) is 5.41 Å². The molecule has 5 nitrogen and oxygen atoms in total. The van der Waals surface area contributed by atoms with Crippen molar-refractivity contribution in [1.82, 2.24) is 10.2 Å². The monoisotopic (exact) mass is 244 g/mol. The minimum atomic E-state index is -0.0805.